The lowest BCUT2D eigenvalue weighted by atomic mass is 10.2. The smallest absolute Gasteiger partial charge is 0.257 e. The van der Waals surface area contributed by atoms with Gasteiger partial charge in [-0.2, -0.15) is 0 Å². The zero-order chi connectivity index (χ0) is 20.4. The summed E-state index contributed by atoms with van der Waals surface area (Å²) >= 11 is 5.21. The molecule has 0 radical (unpaired) electrons. The Morgan fingerprint density at radius 2 is 1.57 bits per heavy atom. The highest BCUT2D eigenvalue weighted by Crippen LogP contribution is 2.16. The van der Waals surface area contributed by atoms with Crippen LogP contribution < -0.4 is 20.1 Å². The number of carbonyl (C=O) groups excluding carboxylic acids is 1. The van der Waals surface area contributed by atoms with Gasteiger partial charge in [-0.15, -0.1) is 0 Å². The van der Waals surface area contributed by atoms with Crippen LogP contribution in [0.3, 0.4) is 0 Å². The van der Waals surface area contributed by atoms with Crippen LogP contribution in [-0.4, -0.2) is 38.0 Å². The number of rotatable bonds is 9. The number of anilines is 1. The van der Waals surface area contributed by atoms with E-state index in [9.17, 15) is 4.79 Å². The summed E-state index contributed by atoms with van der Waals surface area (Å²) in [6, 6.07) is 14.2. The quantitative estimate of drug-likeness (QED) is 0.490. The molecule has 6 nitrogen and oxygen atoms in total. The molecule has 0 bridgehead atoms. The summed E-state index contributed by atoms with van der Waals surface area (Å²) in [5.74, 6) is 1.64. The van der Waals surface area contributed by atoms with Gasteiger partial charge in [-0.3, -0.25) is 10.1 Å². The molecule has 0 fully saturated rings. The predicted octanol–water partition coefficient (Wildman–Crippen LogP) is 3.87. The standard InChI is InChI=1S/C21H26N2O4S/c1-15(2)14-27-19-10-6-17(7-11-19)22-21(28)23-20(24)16-4-8-18(9-5-16)26-13-12-25-3/h4-11,15H,12-14H2,1-3H3,(H2,22,23,24,28). The van der Waals surface area contributed by atoms with Crippen LogP contribution in [0.2, 0.25) is 0 Å². The summed E-state index contributed by atoms with van der Waals surface area (Å²) in [5, 5.41) is 5.87. The fraction of sp³-hybridized carbons (Fsp3) is 0.333. The molecule has 0 aliphatic carbocycles. The summed E-state index contributed by atoms with van der Waals surface area (Å²) in [4.78, 5) is 12.3. The molecule has 1 amide bonds. The Bertz CT molecular complexity index is 761. The van der Waals surface area contributed by atoms with E-state index in [-0.39, 0.29) is 11.0 Å². The second kappa shape index (κ2) is 11.3. The fourth-order valence-electron chi connectivity index (χ4n) is 2.18. The van der Waals surface area contributed by atoms with Gasteiger partial charge >= 0.3 is 0 Å². The van der Waals surface area contributed by atoms with Crippen LogP contribution in [0.4, 0.5) is 5.69 Å². The van der Waals surface area contributed by atoms with Crippen LogP contribution in [-0.2, 0) is 4.74 Å². The second-order valence-corrected chi connectivity index (χ2v) is 6.91. The topological polar surface area (TPSA) is 68.8 Å². The van der Waals surface area contributed by atoms with E-state index in [0.29, 0.717) is 37.1 Å². The van der Waals surface area contributed by atoms with Gasteiger partial charge in [0.2, 0.25) is 0 Å². The third-order valence-corrected chi connectivity index (χ3v) is 3.80. The first-order valence-corrected chi connectivity index (χ1v) is 9.45. The highest BCUT2D eigenvalue weighted by molar-refractivity contribution is 7.80. The molecular weight excluding hydrogens is 376 g/mol. The molecule has 0 saturated carbocycles. The Labute approximate surface area is 171 Å². The van der Waals surface area contributed by atoms with Crippen molar-refractivity contribution in [1.29, 1.82) is 0 Å². The Balaban J connectivity index is 1.82. The number of methoxy groups -OCH3 is 1. The van der Waals surface area contributed by atoms with Crippen molar-refractivity contribution in [1.82, 2.24) is 5.32 Å². The SMILES string of the molecule is COCCOc1ccc(C(=O)NC(=S)Nc2ccc(OCC(C)C)cc2)cc1. The molecule has 28 heavy (non-hydrogen) atoms. The molecule has 150 valence electrons. The molecule has 0 atom stereocenters. The molecule has 0 saturated heterocycles. The maximum atomic E-state index is 12.3. The molecule has 0 heterocycles. The van der Waals surface area contributed by atoms with Gasteiger partial charge in [-0.1, -0.05) is 13.8 Å². The highest BCUT2D eigenvalue weighted by atomic mass is 32.1. The molecule has 2 rings (SSSR count). The molecule has 7 heteroatoms. The highest BCUT2D eigenvalue weighted by Gasteiger charge is 2.08. The molecule has 0 unspecified atom stereocenters. The normalized spacial score (nSPS) is 10.4. The third kappa shape index (κ3) is 7.54. The molecule has 2 N–H and O–H groups in total. The van der Waals surface area contributed by atoms with E-state index in [1.165, 1.54) is 0 Å². The summed E-state index contributed by atoms with van der Waals surface area (Å²) in [5.41, 5.74) is 1.25. The molecule has 0 aliphatic heterocycles. The van der Waals surface area contributed by atoms with Crippen LogP contribution in [0.25, 0.3) is 0 Å². The zero-order valence-corrected chi connectivity index (χ0v) is 17.2. The third-order valence-electron chi connectivity index (χ3n) is 3.60. The van der Waals surface area contributed by atoms with E-state index in [2.05, 4.69) is 24.5 Å². The Hall–Kier alpha value is -2.64. The van der Waals surface area contributed by atoms with Crippen molar-refractivity contribution in [2.45, 2.75) is 13.8 Å². The molecule has 0 aromatic heterocycles. The minimum absolute atomic E-state index is 0.223. The Morgan fingerprint density at radius 1 is 0.964 bits per heavy atom. The van der Waals surface area contributed by atoms with Crippen molar-refractivity contribution in [3.63, 3.8) is 0 Å². The summed E-state index contributed by atoms with van der Waals surface area (Å²) in [6.07, 6.45) is 0. The van der Waals surface area contributed by atoms with E-state index in [0.717, 1.165) is 11.4 Å². The molecular formula is C21H26N2O4S. The minimum Gasteiger partial charge on any atom is -0.493 e. The number of amides is 1. The molecule has 2 aromatic rings. The van der Waals surface area contributed by atoms with Crippen LogP contribution in [0.1, 0.15) is 24.2 Å². The van der Waals surface area contributed by atoms with Gasteiger partial charge in [0.25, 0.3) is 5.91 Å². The lowest BCUT2D eigenvalue weighted by Gasteiger charge is -2.12. The first-order chi connectivity index (χ1) is 13.5. The van der Waals surface area contributed by atoms with Gasteiger partial charge in [-0.05, 0) is 66.7 Å². The van der Waals surface area contributed by atoms with Crippen molar-refractivity contribution in [3.8, 4) is 11.5 Å². The van der Waals surface area contributed by atoms with Crippen LogP contribution >= 0.6 is 12.2 Å². The van der Waals surface area contributed by atoms with Gasteiger partial charge < -0.3 is 19.5 Å². The van der Waals surface area contributed by atoms with E-state index in [4.69, 9.17) is 26.4 Å². The monoisotopic (exact) mass is 402 g/mol. The average Bonchev–Trinajstić information content (AvgIpc) is 2.68. The predicted molar refractivity (Wildman–Crippen MR) is 114 cm³/mol. The maximum absolute atomic E-state index is 12.3. The lowest BCUT2D eigenvalue weighted by molar-refractivity contribution is 0.0977. The van der Waals surface area contributed by atoms with E-state index in [1.54, 1.807) is 31.4 Å². The zero-order valence-electron chi connectivity index (χ0n) is 16.4. The van der Waals surface area contributed by atoms with E-state index >= 15 is 0 Å². The summed E-state index contributed by atoms with van der Waals surface area (Å²) in [6.45, 7) is 5.82. The summed E-state index contributed by atoms with van der Waals surface area (Å²) in [7, 11) is 1.61. The van der Waals surface area contributed by atoms with Crippen molar-refractivity contribution in [2.75, 3.05) is 32.2 Å². The van der Waals surface area contributed by atoms with Gasteiger partial charge in [0, 0.05) is 18.4 Å². The van der Waals surface area contributed by atoms with Gasteiger partial charge in [0.15, 0.2) is 5.11 Å². The molecule has 0 aliphatic rings. The Kier molecular flexibility index (Phi) is 8.71. The molecule has 2 aromatic carbocycles. The first kappa shape index (κ1) is 21.7. The van der Waals surface area contributed by atoms with Gasteiger partial charge in [0.1, 0.15) is 18.1 Å². The minimum atomic E-state index is -0.294. The number of benzene rings is 2. The van der Waals surface area contributed by atoms with Crippen molar-refractivity contribution >= 4 is 28.9 Å². The largest absolute Gasteiger partial charge is 0.493 e. The van der Waals surface area contributed by atoms with Crippen LogP contribution in [0, 0.1) is 5.92 Å². The Morgan fingerprint density at radius 3 is 2.18 bits per heavy atom. The second-order valence-electron chi connectivity index (χ2n) is 6.50. The first-order valence-electron chi connectivity index (χ1n) is 9.05. The summed E-state index contributed by atoms with van der Waals surface area (Å²) < 4.78 is 16.0. The van der Waals surface area contributed by atoms with Crippen molar-refractivity contribution in [2.24, 2.45) is 5.92 Å². The molecule has 0 spiro atoms. The number of ether oxygens (including phenoxy) is 3. The van der Waals surface area contributed by atoms with Crippen LogP contribution in [0.15, 0.2) is 48.5 Å². The van der Waals surface area contributed by atoms with E-state index in [1.807, 2.05) is 24.3 Å². The van der Waals surface area contributed by atoms with Crippen molar-refractivity contribution in [3.05, 3.63) is 54.1 Å². The average molecular weight is 403 g/mol. The number of nitrogens with one attached hydrogen (secondary N) is 2. The number of hydrogen-bond donors (Lipinski definition) is 2. The van der Waals surface area contributed by atoms with E-state index < -0.39 is 0 Å². The van der Waals surface area contributed by atoms with Gasteiger partial charge in [0.05, 0.1) is 13.2 Å². The lowest BCUT2D eigenvalue weighted by Crippen LogP contribution is -2.34. The number of hydrogen-bond acceptors (Lipinski definition) is 5. The van der Waals surface area contributed by atoms with Crippen LogP contribution in [0.5, 0.6) is 11.5 Å². The van der Waals surface area contributed by atoms with Gasteiger partial charge in [-0.25, -0.2) is 0 Å². The van der Waals surface area contributed by atoms with Crippen molar-refractivity contribution < 1.29 is 19.0 Å². The number of carbonyl (C=O) groups is 1. The number of thiocarbonyl (C=S) groups is 1. The maximum Gasteiger partial charge on any atom is 0.257 e. The fourth-order valence-corrected chi connectivity index (χ4v) is 2.39.